The first-order chi connectivity index (χ1) is 9.19. The van der Waals surface area contributed by atoms with Gasteiger partial charge < -0.3 is 5.32 Å². The van der Waals surface area contributed by atoms with Crippen LogP contribution in [0.2, 0.25) is 0 Å². The minimum atomic E-state index is -0.329. The van der Waals surface area contributed by atoms with Crippen LogP contribution in [0.15, 0.2) is 46.1 Å². The summed E-state index contributed by atoms with van der Waals surface area (Å²) >= 11 is 1.67. The maximum absolute atomic E-state index is 11.8. The van der Waals surface area contributed by atoms with Gasteiger partial charge in [0.05, 0.1) is 0 Å². The van der Waals surface area contributed by atoms with Crippen LogP contribution in [0.1, 0.15) is 16.1 Å². The number of nitrogens with one attached hydrogen (secondary N) is 2. The van der Waals surface area contributed by atoms with E-state index in [1.165, 1.54) is 17.0 Å². The molecule has 0 spiro atoms. The molecule has 1 heterocycles. The molecule has 98 valence electrons. The van der Waals surface area contributed by atoms with Gasteiger partial charge in [-0.15, -0.1) is 11.8 Å². The zero-order valence-electron chi connectivity index (χ0n) is 10.3. The van der Waals surface area contributed by atoms with Crippen molar-refractivity contribution in [1.82, 2.24) is 15.5 Å². The maximum Gasteiger partial charge on any atom is 0.271 e. The zero-order chi connectivity index (χ0) is 13.7. The van der Waals surface area contributed by atoms with Crippen molar-refractivity contribution in [3.8, 4) is 0 Å². The summed E-state index contributed by atoms with van der Waals surface area (Å²) in [5.74, 6) is -0.315. The fourth-order valence-electron chi connectivity index (χ4n) is 1.49. The molecular formula is C13H13N3O2S. The molecule has 2 N–H and O–H groups in total. The molecular weight excluding hydrogens is 262 g/mol. The molecule has 0 saturated carbocycles. The number of aromatic amines is 1. The van der Waals surface area contributed by atoms with Crippen molar-refractivity contribution in [2.75, 3.05) is 6.26 Å². The Bertz CT molecular complexity index is 602. The monoisotopic (exact) mass is 275 g/mol. The first-order valence-electron chi connectivity index (χ1n) is 5.66. The molecule has 0 radical (unpaired) electrons. The highest BCUT2D eigenvalue weighted by Gasteiger charge is 2.06. The summed E-state index contributed by atoms with van der Waals surface area (Å²) in [6.07, 6.45) is 2.01. The minimum absolute atomic E-state index is 0.195. The average Bonchev–Trinajstić information content (AvgIpc) is 2.46. The first kappa shape index (κ1) is 13.4. The lowest BCUT2D eigenvalue weighted by Crippen LogP contribution is -2.25. The second kappa shape index (κ2) is 6.19. The van der Waals surface area contributed by atoms with Gasteiger partial charge in [-0.2, -0.15) is 5.10 Å². The predicted molar refractivity (Wildman–Crippen MR) is 74.3 cm³/mol. The minimum Gasteiger partial charge on any atom is -0.347 e. The van der Waals surface area contributed by atoms with E-state index in [9.17, 15) is 9.59 Å². The number of benzene rings is 1. The molecule has 1 aromatic heterocycles. The predicted octanol–water partition coefficient (Wildman–Crippen LogP) is 1.42. The van der Waals surface area contributed by atoms with Crippen molar-refractivity contribution < 1.29 is 4.79 Å². The van der Waals surface area contributed by atoms with Crippen LogP contribution in [-0.4, -0.2) is 22.4 Å². The van der Waals surface area contributed by atoms with Gasteiger partial charge in [-0.05, 0) is 30.0 Å². The topological polar surface area (TPSA) is 74.8 Å². The number of hydrogen-bond donors (Lipinski definition) is 2. The number of carbonyl (C=O) groups is 1. The fraction of sp³-hybridized carbons (Fsp3) is 0.154. The van der Waals surface area contributed by atoms with Crippen molar-refractivity contribution in [2.45, 2.75) is 11.4 Å². The Labute approximate surface area is 114 Å². The number of H-pyrrole nitrogens is 1. The number of aromatic nitrogens is 2. The molecule has 1 amide bonds. The van der Waals surface area contributed by atoms with Crippen LogP contribution >= 0.6 is 11.8 Å². The van der Waals surface area contributed by atoms with Gasteiger partial charge in [0.15, 0.2) is 0 Å². The van der Waals surface area contributed by atoms with E-state index in [4.69, 9.17) is 0 Å². The number of carbonyl (C=O) groups excluding carboxylic acids is 1. The van der Waals surface area contributed by atoms with E-state index in [1.807, 2.05) is 30.5 Å². The van der Waals surface area contributed by atoms with Crippen molar-refractivity contribution in [3.63, 3.8) is 0 Å². The number of nitrogens with zero attached hydrogens (tertiary/aromatic N) is 1. The molecule has 0 fully saturated rings. The number of hydrogen-bond acceptors (Lipinski definition) is 4. The van der Waals surface area contributed by atoms with Crippen LogP contribution < -0.4 is 10.9 Å². The highest BCUT2D eigenvalue weighted by atomic mass is 32.2. The van der Waals surface area contributed by atoms with Gasteiger partial charge in [0.1, 0.15) is 5.69 Å². The van der Waals surface area contributed by atoms with Gasteiger partial charge >= 0.3 is 0 Å². The third kappa shape index (κ3) is 3.69. The van der Waals surface area contributed by atoms with Crippen molar-refractivity contribution in [2.24, 2.45) is 0 Å². The molecule has 19 heavy (non-hydrogen) atoms. The highest BCUT2D eigenvalue weighted by molar-refractivity contribution is 7.98. The highest BCUT2D eigenvalue weighted by Crippen LogP contribution is 2.14. The van der Waals surface area contributed by atoms with Gasteiger partial charge in [0, 0.05) is 17.5 Å². The normalized spacial score (nSPS) is 10.2. The van der Waals surface area contributed by atoms with Crippen molar-refractivity contribution >= 4 is 17.7 Å². The summed E-state index contributed by atoms with van der Waals surface area (Å²) in [5, 5.41) is 8.63. The Balaban J connectivity index is 1.96. The average molecular weight is 275 g/mol. The van der Waals surface area contributed by atoms with Crippen LogP contribution in [0, 0.1) is 0 Å². The molecule has 0 aliphatic heterocycles. The standard InChI is InChI=1S/C13H13N3O2S/c1-19-10-4-2-9(3-5-10)8-14-13(18)11-6-7-12(17)16-15-11/h2-7H,8H2,1H3,(H,14,18)(H,16,17). The lowest BCUT2D eigenvalue weighted by atomic mass is 10.2. The first-order valence-corrected chi connectivity index (χ1v) is 6.88. The molecule has 0 aliphatic carbocycles. The maximum atomic E-state index is 11.8. The Kier molecular flexibility index (Phi) is 4.35. The van der Waals surface area contributed by atoms with Crippen LogP contribution in [0.3, 0.4) is 0 Å². The van der Waals surface area contributed by atoms with Crippen molar-refractivity contribution in [3.05, 3.63) is 58.0 Å². The van der Waals surface area contributed by atoms with Crippen LogP contribution in [0.25, 0.3) is 0 Å². The van der Waals surface area contributed by atoms with Crippen LogP contribution in [0.4, 0.5) is 0 Å². The summed E-state index contributed by atoms with van der Waals surface area (Å²) in [6, 6.07) is 10.6. The van der Waals surface area contributed by atoms with E-state index in [0.717, 1.165) is 5.56 Å². The molecule has 0 atom stereocenters. The summed E-state index contributed by atoms with van der Waals surface area (Å²) in [6.45, 7) is 0.425. The molecule has 0 bridgehead atoms. The Morgan fingerprint density at radius 1 is 1.26 bits per heavy atom. The molecule has 5 nitrogen and oxygen atoms in total. The van der Waals surface area contributed by atoms with Gasteiger partial charge in [-0.25, -0.2) is 5.10 Å². The Morgan fingerprint density at radius 2 is 2.00 bits per heavy atom. The lowest BCUT2D eigenvalue weighted by Gasteiger charge is -2.05. The van der Waals surface area contributed by atoms with Crippen LogP contribution in [-0.2, 0) is 6.54 Å². The van der Waals surface area contributed by atoms with E-state index < -0.39 is 0 Å². The van der Waals surface area contributed by atoms with E-state index in [-0.39, 0.29) is 17.2 Å². The summed E-state index contributed by atoms with van der Waals surface area (Å²) in [4.78, 5) is 23.8. The number of thioether (sulfide) groups is 1. The van der Waals surface area contributed by atoms with Gasteiger partial charge in [-0.3, -0.25) is 9.59 Å². The lowest BCUT2D eigenvalue weighted by molar-refractivity contribution is 0.0945. The van der Waals surface area contributed by atoms with Crippen molar-refractivity contribution in [1.29, 1.82) is 0 Å². The molecule has 1 aromatic carbocycles. The number of rotatable bonds is 4. The van der Waals surface area contributed by atoms with E-state index in [0.29, 0.717) is 6.54 Å². The summed E-state index contributed by atoms with van der Waals surface area (Å²) in [7, 11) is 0. The second-order valence-electron chi connectivity index (χ2n) is 3.84. The Morgan fingerprint density at radius 3 is 2.58 bits per heavy atom. The third-order valence-corrected chi connectivity index (χ3v) is 3.27. The molecule has 0 aliphatic rings. The third-order valence-electron chi connectivity index (χ3n) is 2.52. The van der Waals surface area contributed by atoms with Gasteiger partial charge in [0.2, 0.25) is 0 Å². The smallest absolute Gasteiger partial charge is 0.271 e. The second-order valence-corrected chi connectivity index (χ2v) is 4.72. The quantitative estimate of drug-likeness (QED) is 0.828. The fourth-order valence-corrected chi connectivity index (χ4v) is 1.90. The van der Waals surface area contributed by atoms with E-state index in [2.05, 4.69) is 15.5 Å². The Hall–Kier alpha value is -2.08. The summed E-state index contributed by atoms with van der Waals surface area (Å²) < 4.78 is 0. The molecule has 6 heteroatoms. The summed E-state index contributed by atoms with van der Waals surface area (Å²) in [5.41, 5.74) is 0.875. The SMILES string of the molecule is CSc1ccc(CNC(=O)c2ccc(=O)[nH]n2)cc1. The molecule has 0 saturated heterocycles. The van der Waals surface area contributed by atoms with E-state index >= 15 is 0 Å². The molecule has 2 aromatic rings. The van der Waals surface area contributed by atoms with Gasteiger partial charge in [0.25, 0.3) is 11.5 Å². The number of amides is 1. The van der Waals surface area contributed by atoms with E-state index in [1.54, 1.807) is 11.8 Å². The van der Waals surface area contributed by atoms with Gasteiger partial charge in [-0.1, -0.05) is 12.1 Å². The molecule has 2 rings (SSSR count). The molecule has 0 unspecified atom stereocenters. The van der Waals surface area contributed by atoms with Crippen LogP contribution in [0.5, 0.6) is 0 Å². The zero-order valence-corrected chi connectivity index (χ0v) is 11.2. The largest absolute Gasteiger partial charge is 0.347 e.